The van der Waals surface area contributed by atoms with Crippen LogP contribution in [-0.4, -0.2) is 54.9 Å². The molecule has 1 saturated heterocycles. The first-order valence-electron chi connectivity index (χ1n) is 9.19. The molecule has 2 amide bonds. The molecule has 0 N–H and O–H groups in total. The summed E-state index contributed by atoms with van der Waals surface area (Å²) in [7, 11) is 1.55. The lowest BCUT2D eigenvalue weighted by molar-refractivity contribution is -0.137. The molecule has 29 heavy (non-hydrogen) atoms. The molecule has 154 valence electrons. The van der Waals surface area contributed by atoms with E-state index >= 15 is 0 Å². The fourth-order valence-corrected chi connectivity index (χ4v) is 3.22. The molecule has 0 aromatic heterocycles. The number of rotatable bonds is 3. The summed E-state index contributed by atoms with van der Waals surface area (Å²) in [5.41, 5.74) is -0.0533. The van der Waals surface area contributed by atoms with E-state index in [-0.39, 0.29) is 17.4 Å². The summed E-state index contributed by atoms with van der Waals surface area (Å²) in [4.78, 5) is 28.6. The van der Waals surface area contributed by atoms with Gasteiger partial charge in [-0.15, -0.1) is 0 Å². The largest absolute Gasteiger partial charge is 0.497 e. The molecule has 1 aliphatic rings. The topological polar surface area (TPSA) is 49.9 Å². The highest BCUT2D eigenvalue weighted by molar-refractivity contribution is 5.95. The van der Waals surface area contributed by atoms with E-state index in [4.69, 9.17) is 4.74 Å². The first-order valence-corrected chi connectivity index (χ1v) is 9.19. The van der Waals surface area contributed by atoms with Crippen molar-refractivity contribution >= 4 is 11.8 Å². The third kappa shape index (κ3) is 4.88. The Kier molecular flexibility index (Phi) is 6.10. The lowest BCUT2D eigenvalue weighted by Crippen LogP contribution is -2.37. The minimum atomic E-state index is -4.44. The van der Waals surface area contributed by atoms with Crippen molar-refractivity contribution in [3.63, 3.8) is 0 Å². The third-order valence-electron chi connectivity index (χ3n) is 4.87. The van der Waals surface area contributed by atoms with Crippen LogP contribution >= 0.6 is 0 Å². The lowest BCUT2D eigenvalue weighted by atomic mass is 10.1. The Morgan fingerprint density at radius 2 is 1.24 bits per heavy atom. The van der Waals surface area contributed by atoms with Crippen molar-refractivity contribution in [2.75, 3.05) is 33.3 Å². The molecule has 2 aromatic rings. The Morgan fingerprint density at radius 1 is 0.793 bits per heavy atom. The number of methoxy groups -OCH3 is 1. The van der Waals surface area contributed by atoms with Crippen molar-refractivity contribution in [3.8, 4) is 5.75 Å². The standard InChI is InChI=1S/C21H21F3N2O3/c1-29-18-9-5-16(6-10-18)20(28)26-12-2-11-25(13-14-26)19(27)15-3-7-17(8-4-15)21(22,23)24/h3-10H,2,11-14H2,1H3. The molecule has 5 nitrogen and oxygen atoms in total. The van der Waals surface area contributed by atoms with Crippen LogP contribution in [0.5, 0.6) is 5.75 Å². The first kappa shape index (κ1) is 20.7. The molecule has 0 radical (unpaired) electrons. The normalized spacial score (nSPS) is 15.0. The van der Waals surface area contributed by atoms with Crippen molar-refractivity contribution < 1.29 is 27.5 Å². The quantitative estimate of drug-likeness (QED) is 0.781. The zero-order valence-electron chi connectivity index (χ0n) is 15.9. The van der Waals surface area contributed by atoms with Gasteiger partial charge in [-0.3, -0.25) is 9.59 Å². The molecule has 0 saturated carbocycles. The van der Waals surface area contributed by atoms with Gasteiger partial charge < -0.3 is 14.5 Å². The maximum atomic E-state index is 12.7. The third-order valence-corrected chi connectivity index (χ3v) is 4.87. The van der Waals surface area contributed by atoms with Crippen LogP contribution in [0.2, 0.25) is 0 Å². The Bertz CT molecular complexity index is 864. The molecule has 1 fully saturated rings. The van der Waals surface area contributed by atoms with Crippen molar-refractivity contribution in [3.05, 3.63) is 65.2 Å². The number of amides is 2. The summed E-state index contributed by atoms with van der Waals surface area (Å²) < 4.78 is 43.2. The minimum Gasteiger partial charge on any atom is -0.497 e. The van der Waals surface area contributed by atoms with Crippen LogP contribution in [-0.2, 0) is 6.18 Å². The number of carbonyl (C=O) groups is 2. The average molecular weight is 406 g/mol. The number of nitrogens with zero attached hydrogens (tertiary/aromatic N) is 2. The second-order valence-electron chi connectivity index (χ2n) is 6.74. The zero-order valence-corrected chi connectivity index (χ0v) is 15.9. The van der Waals surface area contributed by atoms with Crippen LogP contribution in [0.3, 0.4) is 0 Å². The fourth-order valence-electron chi connectivity index (χ4n) is 3.22. The Labute approximate surface area is 166 Å². The van der Waals surface area contributed by atoms with Gasteiger partial charge in [-0.05, 0) is 55.0 Å². The Morgan fingerprint density at radius 3 is 1.66 bits per heavy atom. The Balaban J connectivity index is 1.64. The van der Waals surface area contributed by atoms with Gasteiger partial charge in [0.2, 0.25) is 0 Å². The highest BCUT2D eigenvalue weighted by Crippen LogP contribution is 2.29. The number of halogens is 3. The minimum absolute atomic E-state index is 0.128. The van der Waals surface area contributed by atoms with Gasteiger partial charge in [0.05, 0.1) is 12.7 Å². The summed E-state index contributed by atoms with van der Waals surface area (Å²) in [6.45, 7) is 1.62. The van der Waals surface area contributed by atoms with Crippen LogP contribution in [0.4, 0.5) is 13.2 Å². The van der Waals surface area contributed by atoms with Gasteiger partial charge in [-0.25, -0.2) is 0 Å². The van der Waals surface area contributed by atoms with E-state index < -0.39 is 11.7 Å². The fraction of sp³-hybridized carbons (Fsp3) is 0.333. The number of alkyl halides is 3. The van der Waals surface area contributed by atoms with Crippen LogP contribution in [0.1, 0.15) is 32.7 Å². The van der Waals surface area contributed by atoms with E-state index in [9.17, 15) is 22.8 Å². The number of carbonyl (C=O) groups excluding carboxylic acids is 2. The predicted molar refractivity (Wildman–Crippen MR) is 101 cm³/mol. The van der Waals surface area contributed by atoms with Crippen LogP contribution in [0.15, 0.2) is 48.5 Å². The monoisotopic (exact) mass is 406 g/mol. The molecular formula is C21H21F3N2O3. The van der Waals surface area contributed by atoms with E-state index in [1.807, 2.05) is 0 Å². The van der Waals surface area contributed by atoms with E-state index in [2.05, 4.69) is 0 Å². The summed E-state index contributed by atoms with van der Waals surface area (Å²) in [6, 6.07) is 11.0. The van der Waals surface area contributed by atoms with E-state index in [1.165, 1.54) is 12.1 Å². The molecular weight excluding hydrogens is 385 g/mol. The SMILES string of the molecule is COc1ccc(C(=O)N2CCCN(C(=O)c3ccc(C(F)(F)F)cc3)CC2)cc1. The van der Waals surface area contributed by atoms with E-state index in [0.29, 0.717) is 43.9 Å². The first-order chi connectivity index (χ1) is 13.8. The second kappa shape index (κ2) is 8.55. The van der Waals surface area contributed by atoms with Crippen LogP contribution in [0, 0.1) is 0 Å². The molecule has 3 rings (SSSR count). The van der Waals surface area contributed by atoms with E-state index in [0.717, 1.165) is 12.1 Å². The molecule has 0 bridgehead atoms. The van der Waals surface area contributed by atoms with Gasteiger partial charge in [-0.1, -0.05) is 0 Å². The lowest BCUT2D eigenvalue weighted by Gasteiger charge is -2.22. The van der Waals surface area contributed by atoms with Gasteiger partial charge in [0.25, 0.3) is 11.8 Å². The average Bonchev–Trinajstić information content (AvgIpc) is 2.98. The second-order valence-corrected chi connectivity index (χ2v) is 6.74. The molecule has 1 aliphatic heterocycles. The number of benzene rings is 2. The van der Waals surface area contributed by atoms with Crippen molar-refractivity contribution in [1.82, 2.24) is 9.80 Å². The van der Waals surface area contributed by atoms with Crippen molar-refractivity contribution in [1.29, 1.82) is 0 Å². The molecule has 8 heteroatoms. The molecule has 0 unspecified atom stereocenters. The highest BCUT2D eigenvalue weighted by atomic mass is 19.4. The molecule has 0 atom stereocenters. The van der Waals surface area contributed by atoms with E-state index in [1.54, 1.807) is 41.2 Å². The summed E-state index contributed by atoms with van der Waals surface area (Å²) in [5, 5.41) is 0. The molecule has 1 heterocycles. The Hall–Kier alpha value is -3.03. The van der Waals surface area contributed by atoms with Gasteiger partial charge in [-0.2, -0.15) is 13.2 Å². The number of hydrogen-bond acceptors (Lipinski definition) is 3. The van der Waals surface area contributed by atoms with Gasteiger partial charge in [0.15, 0.2) is 0 Å². The zero-order chi connectivity index (χ0) is 21.0. The molecule has 0 spiro atoms. The smallest absolute Gasteiger partial charge is 0.416 e. The van der Waals surface area contributed by atoms with Crippen molar-refractivity contribution in [2.24, 2.45) is 0 Å². The summed E-state index contributed by atoms with van der Waals surface area (Å²) in [5.74, 6) is 0.194. The highest BCUT2D eigenvalue weighted by Gasteiger charge is 2.30. The maximum Gasteiger partial charge on any atom is 0.416 e. The molecule has 2 aromatic carbocycles. The van der Waals surface area contributed by atoms with Crippen molar-refractivity contribution in [2.45, 2.75) is 12.6 Å². The number of ether oxygens (including phenoxy) is 1. The maximum absolute atomic E-state index is 12.7. The van der Waals surface area contributed by atoms with Gasteiger partial charge in [0, 0.05) is 37.3 Å². The van der Waals surface area contributed by atoms with Crippen LogP contribution in [0.25, 0.3) is 0 Å². The molecule has 0 aliphatic carbocycles. The van der Waals surface area contributed by atoms with Gasteiger partial charge in [0.1, 0.15) is 5.75 Å². The number of hydrogen-bond donors (Lipinski definition) is 0. The van der Waals surface area contributed by atoms with Gasteiger partial charge >= 0.3 is 6.18 Å². The predicted octanol–water partition coefficient (Wildman–Crippen LogP) is 3.70. The van der Waals surface area contributed by atoms with Crippen LogP contribution < -0.4 is 4.74 Å². The summed E-state index contributed by atoms with van der Waals surface area (Å²) >= 11 is 0. The summed E-state index contributed by atoms with van der Waals surface area (Å²) in [6.07, 6.45) is -3.85.